The van der Waals surface area contributed by atoms with Crippen LogP contribution in [0.5, 0.6) is 69.0 Å². The first-order chi connectivity index (χ1) is 56.2. The van der Waals surface area contributed by atoms with Crippen molar-refractivity contribution in [2.75, 3.05) is 6.61 Å². The van der Waals surface area contributed by atoms with Crippen molar-refractivity contribution in [3.63, 3.8) is 0 Å². The minimum atomic E-state index is -2.16. The Balaban J connectivity index is 0.782. The molecule has 1 saturated heterocycles. The van der Waals surface area contributed by atoms with Crippen LogP contribution in [0.4, 0.5) is 0 Å². The summed E-state index contributed by atoms with van der Waals surface area (Å²) >= 11 is 0. The van der Waals surface area contributed by atoms with Crippen molar-refractivity contribution in [3.8, 4) is 80.1 Å². The molecule has 0 bridgehead atoms. The van der Waals surface area contributed by atoms with E-state index in [0.29, 0.717) is 50.1 Å². The van der Waals surface area contributed by atoms with Crippen LogP contribution in [0.25, 0.3) is 11.1 Å². The van der Waals surface area contributed by atoms with Crippen LogP contribution in [0, 0.1) is 0 Å². The highest BCUT2D eigenvalue weighted by molar-refractivity contribution is 6.09. The van der Waals surface area contributed by atoms with Crippen LogP contribution in [0.2, 0.25) is 0 Å². The van der Waals surface area contributed by atoms with E-state index in [9.17, 15) is 20.4 Å². The number of ether oxygens (including phenoxy) is 14. The van der Waals surface area contributed by atoms with E-state index in [4.69, 9.17) is 66.3 Å². The number of esters is 4. The fourth-order valence-corrected chi connectivity index (χ4v) is 15.5. The molecule has 22 nitrogen and oxygen atoms in total. The molecule has 4 N–H and O–H groups in total. The second-order valence-corrected chi connectivity index (χ2v) is 27.9. The maximum Gasteiger partial charge on any atom is 0.339 e. The van der Waals surface area contributed by atoms with E-state index in [2.05, 4.69) is 0 Å². The second-order valence-electron chi connectivity index (χ2n) is 27.9. The van der Waals surface area contributed by atoms with Gasteiger partial charge in [0.25, 0.3) is 0 Å². The summed E-state index contributed by atoms with van der Waals surface area (Å²) in [5, 5.41) is 50.3. The SMILES string of the molecule is O=C(O[C@@H]1[C@@H](OC(=O)c2cc(O)c3c(c2)OC(c2ccccc2)(c2ccccc2)O3)[C@H](OCc2ccccc2)O[C@@H]2COC(=O)c3cc(O)c4c(c3-c3c(cc5c(c3O)OC(c3ccccc3)(c3ccccc3)O5)C(=O)O[C@@H]12)OC(c1ccccc1)(c1ccccc1)O4)c1cc(O)c2c(c1)OC(c1ccccc1)(c1ccccc1)O2. The van der Waals surface area contributed by atoms with Gasteiger partial charge in [-0.2, -0.15) is 0 Å². The third-order valence-electron chi connectivity index (χ3n) is 20.8. The van der Waals surface area contributed by atoms with Crippen LogP contribution in [-0.4, -0.2) is 81.6 Å². The normalized spacial score (nSPS) is 19.0. The molecule has 0 spiro atoms. The predicted octanol–water partition coefficient (Wildman–Crippen LogP) is 16.0. The lowest BCUT2D eigenvalue weighted by Gasteiger charge is -2.44. The van der Waals surface area contributed by atoms with E-state index >= 15 is 19.2 Å². The summed E-state index contributed by atoms with van der Waals surface area (Å²) in [5.41, 5.74) is 1.57. The molecule has 0 saturated carbocycles. The molecule has 19 rings (SSSR count). The average molecular weight is 1530 g/mol. The van der Waals surface area contributed by atoms with Gasteiger partial charge < -0.3 is 86.7 Å². The van der Waals surface area contributed by atoms with Gasteiger partial charge in [0.05, 0.1) is 28.9 Å². The Morgan fingerprint density at radius 3 is 1.11 bits per heavy atom. The average Bonchev–Trinajstić information content (AvgIpc) is 1.56. The molecule has 568 valence electrons. The number of rotatable bonds is 15. The minimum Gasteiger partial charge on any atom is -0.504 e. The van der Waals surface area contributed by atoms with Crippen molar-refractivity contribution in [1.29, 1.82) is 0 Å². The van der Waals surface area contributed by atoms with Gasteiger partial charge in [-0.1, -0.05) is 273 Å². The number of fused-ring (bicyclic) bond motifs is 9. The molecule has 0 unspecified atom stereocenters. The monoisotopic (exact) mass is 1530 g/mol. The van der Waals surface area contributed by atoms with E-state index in [1.54, 1.807) is 249 Å². The Hall–Kier alpha value is -14.7. The van der Waals surface area contributed by atoms with Crippen molar-refractivity contribution in [1.82, 2.24) is 0 Å². The van der Waals surface area contributed by atoms with Gasteiger partial charge in [0.1, 0.15) is 12.7 Å². The van der Waals surface area contributed by atoms with Crippen molar-refractivity contribution < 1.29 is 106 Å². The van der Waals surface area contributed by atoms with E-state index in [0.717, 1.165) is 18.2 Å². The zero-order valence-corrected chi connectivity index (χ0v) is 60.4. The quantitative estimate of drug-likeness (QED) is 0.0548. The molecule has 5 atom stereocenters. The maximum atomic E-state index is 16.8. The lowest BCUT2D eigenvalue weighted by atomic mass is 9.91. The first-order valence-corrected chi connectivity index (χ1v) is 36.8. The maximum absolute atomic E-state index is 16.8. The summed E-state index contributed by atoms with van der Waals surface area (Å²) in [6, 6.07) is 86.5. The van der Waals surface area contributed by atoms with Crippen LogP contribution >= 0.6 is 0 Å². The summed E-state index contributed by atoms with van der Waals surface area (Å²) in [6.45, 7) is -1.22. The molecule has 13 aromatic carbocycles. The van der Waals surface area contributed by atoms with E-state index in [1.807, 2.05) is 24.3 Å². The first kappa shape index (κ1) is 70.6. The van der Waals surface area contributed by atoms with Crippen LogP contribution in [0.3, 0.4) is 0 Å². The molecule has 6 aliphatic heterocycles. The van der Waals surface area contributed by atoms with E-state index in [1.165, 1.54) is 18.2 Å². The Morgan fingerprint density at radius 2 is 0.696 bits per heavy atom. The van der Waals surface area contributed by atoms with Gasteiger partial charge in [-0.05, 0) is 42.0 Å². The Morgan fingerprint density at radius 1 is 0.357 bits per heavy atom. The molecule has 0 radical (unpaired) electrons. The minimum absolute atomic E-state index is 0.0971. The number of carbonyl (C=O) groups excluding carboxylic acids is 4. The number of aromatic hydroxyl groups is 4. The van der Waals surface area contributed by atoms with Crippen LogP contribution in [-0.2, 0) is 58.2 Å². The highest BCUT2D eigenvalue weighted by Gasteiger charge is 2.58. The number of phenols is 4. The van der Waals surface area contributed by atoms with Crippen molar-refractivity contribution in [2.24, 2.45) is 0 Å². The predicted molar refractivity (Wildman–Crippen MR) is 409 cm³/mol. The highest BCUT2D eigenvalue weighted by Crippen LogP contribution is 2.63. The molecule has 0 aliphatic carbocycles. The fraction of sp³-hybridized carbons (Fsp3) is 0.118. The second kappa shape index (κ2) is 28.2. The number of cyclic esters (lactones) is 1. The summed E-state index contributed by atoms with van der Waals surface area (Å²) in [4.78, 5) is 64.3. The molecular formula is C93H64O22. The summed E-state index contributed by atoms with van der Waals surface area (Å²) in [7, 11) is 0. The Labute approximate surface area is 655 Å². The number of hydrogen-bond donors (Lipinski definition) is 4. The molecule has 1 fully saturated rings. The Bertz CT molecular complexity index is 5770. The van der Waals surface area contributed by atoms with Crippen LogP contribution in [0.15, 0.2) is 309 Å². The van der Waals surface area contributed by atoms with Crippen molar-refractivity contribution >= 4 is 23.9 Å². The molecule has 6 heterocycles. The number of hydrogen-bond acceptors (Lipinski definition) is 22. The summed E-state index contributed by atoms with van der Waals surface area (Å²) < 4.78 is 94.7. The molecule has 22 heteroatoms. The number of benzene rings is 13. The number of phenolic OH excluding ortho intramolecular Hbond substituents is 4. The third kappa shape index (κ3) is 12.0. The molecule has 0 aromatic heterocycles. The van der Waals surface area contributed by atoms with Crippen molar-refractivity contribution in [2.45, 2.75) is 60.5 Å². The van der Waals surface area contributed by atoms with Gasteiger partial charge in [0.15, 0.2) is 70.6 Å². The van der Waals surface area contributed by atoms with Gasteiger partial charge in [0, 0.05) is 55.6 Å². The smallest absolute Gasteiger partial charge is 0.339 e. The van der Waals surface area contributed by atoms with Crippen molar-refractivity contribution in [3.05, 3.63) is 382 Å². The van der Waals surface area contributed by atoms with Gasteiger partial charge >= 0.3 is 47.0 Å². The van der Waals surface area contributed by atoms with Gasteiger partial charge in [0.2, 0.25) is 23.0 Å². The Kier molecular flexibility index (Phi) is 17.3. The van der Waals surface area contributed by atoms with Gasteiger partial charge in [-0.25, -0.2) is 19.2 Å². The lowest BCUT2D eigenvalue weighted by molar-refractivity contribution is -0.301. The summed E-state index contributed by atoms with van der Waals surface area (Å²) in [5.74, 6) is -16.8. The molecular weight excluding hydrogens is 1470 g/mol. The third-order valence-corrected chi connectivity index (χ3v) is 20.8. The van der Waals surface area contributed by atoms with Gasteiger partial charge in [-0.3, -0.25) is 0 Å². The van der Waals surface area contributed by atoms with Crippen LogP contribution in [0.1, 0.15) is 91.5 Å². The largest absolute Gasteiger partial charge is 0.504 e. The highest BCUT2D eigenvalue weighted by atomic mass is 16.8. The standard InChI is InChI=1S/C93H64O22/c94-67-46-55(48-70-77(67)111-90(108-70,57-30-12-2-13-31-57)58-32-14-3-15-33-58)85(98)106-83-81-73(104-89(103-52-54-28-10-1-11-29-54)84(83)107-86(99)56-47-68(95)78-71(49-56)109-91(112-78,59-34-16-4-17-35-59)60-36-18-5-19-37-60)53-102-87(100)65-50-69(96)79-82(115-93(113-79,63-42-24-8-25-43-63)64-44-26-9-27-45-64)75(65)74-66(88(101)105-81)51-72-80(76(74)97)114-92(110-72,61-38-20-6-21-39-61)62-40-22-7-23-41-62/h1-51,73,81,83-84,89,94-97H,52-53H2/t73-,81-,83+,84-,89-/m1/s1. The lowest BCUT2D eigenvalue weighted by Crippen LogP contribution is -2.63. The molecule has 6 aliphatic rings. The summed E-state index contributed by atoms with van der Waals surface area (Å²) in [6.07, 6.45) is -10.1. The fourth-order valence-electron chi connectivity index (χ4n) is 15.5. The van der Waals surface area contributed by atoms with Crippen LogP contribution < -0.4 is 37.9 Å². The molecule has 13 aromatic rings. The molecule has 115 heavy (non-hydrogen) atoms. The topological polar surface area (TPSA) is 278 Å². The number of carbonyl (C=O) groups is 4. The van der Waals surface area contributed by atoms with Gasteiger partial charge in [-0.15, -0.1) is 0 Å². The zero-order chi connectivity index (χ0) is 78.2. The zero-order valence-electron chi connectivity index (χ0n) is 60.4. The van der Waals surface area contributed by atoms with E-state index < -0.39 is 130 Å². The first-order valence-electron chi connectivity index (χ1n) is 36.8. The molecule has 0 amide bonds. The van der Waals surface area contributed by atoms with E-state index in [-0.39, 0.29) is 63.7 Å².